The molecule has 1 aromatic carbocycles. The lowest BCUT2D eigenvalue weighted by molar-refractivity contribution is 0.0526. The molecule has 1 fully saturated rings. The summed E-state index contributed by atoms with van der Waals surface area (Å²) in [6, 6.07) is 5.69. The molecule has 1 aliphatic rings. The molecule has 0 saturated carbocycles. The summed E-state index contributed by atoms with van der Waals surface area (Å²) in [6.45, 7) is 3.65. The van der Waals surface area contributed by atoms with Crippen LogP contribution in [-0.4, -0.2) is 38.9 Å². The van der Waals surface area contributed by atoms with Gasteiger partial charge in [0.05, 0.1) is 23.5 Å². The number of benzene rings is 1. The highest BCUT2D eigenvalue weighted by atomic mass is 16.5. The fraction of sp³-hybridized carbons (Fsp3) is 0.533. The van der Waals surface area contributed by atoms with E-state index in [0.717, 1.165) is 31.7 Å². The van der Waals surface area contributed by atoms with Gasteiger partial charge >= 0.3 is 5.97 Å². The molecule has 0 spiro atoms. The summed E-state index contributed by atoms with van der Waals surface area (Å²) >= 11 is 0. The molecule has 2 rings (SSSR count). The van der Waals surface area contributed by atoms with Crippen molar-refractivity contribution in [1.29, 1.82) is 0 Å². The van der Waals surface area contributed by atoms with Crippen molar-refractivity contribution in [2.24, 2.45) is 0 Å². The molecule has 0 radical (unpaired) electrons. The quantitative estimate of drug-likeness (QED) is 0.674. The zero-order valence-corrected chi connectivity index (χ0v) is 12.1. The second-order valence-corrected chi connectivity index (χ2v) is 4.92. The van der Waals surface area contributed by atoms with E-state index in [2.05, 4.69) is 4.90 Å². The van der Waals surface area contributed by atoms with E-state index in [1.165, 1.54) is 0 Å². The van der Waals surface area contributed by atoms with Crippen LogP contribution in [0.25, 0.3) is 0 Å². The molecule has 20 heavy (non-hydrogen) atoms. The maximum atomic E-state index is 12.1. The van der Waals surface area contributed by atoms with Crippen LogP contribution in [0.4, 0.5) is 11.4 Å². The van der Waals surface area contributed by atoms with Crippen LogP contribution in [0.3, 0.4) is 0 Å². The Morgan fingerprint density at radius 3 is 2.80 bits per heavy atom. The van der Waals surface area contributed by atoms with Crippen LogP contribution in [-0.2, 0) is 9.47 Å². The molecule has 110 valence electrons. The maximum absolute atomic E-state index is 12.1. The van der Waals surface area contributed by atoms with Crippen LogP contribution in [0.2, 0.25) is 0 Å². The molecule has 5 heteroatoms. The minimum atomic E-state index is -0.325. The molecule has 1 aliphatic heterocycles. The molecular formula is C15H22N2O3. The highest BCUT2D eigenvalue weighted by Crippen LogP contribution is 2.31. The fourth-order valence-electron chi connectivity index (χ4n) is 2.58. The molecule has 2 N–H and O–H groups in total. The van der Waals surface area contributed by atoms with Crippen molar-refractivity contribution in [3.63, 3.8) is 0 Å². The lowest BCUT2D eigenvalue weighted by atomic mass is 10.0. The summed E-state index contributed by atoms with van der Waals surface area (Å²) in [5.41, 5.74) is 7.97. The molecule has 0 aromatic heterocycles. The second kappa shape index (κ2) is 6.61. The smallest absolute Gasteiger partial charge is 0.340 e. The molecule has 0 aliphatic carbocycles. The van der Waals surface area contributed by atoms with Crippen molar-refractivity contribution in [3.8, 4) is 0 Å². The second-order valence-electron chi connectivity index (χ2n) is 4.92. The van der Waals surface area contributed by atoms with E-state index >= 15 is 0 Å². The van der Waals surface area contributed by atoms with E-state index in [-0.39, 0.29) is 5.97 Å². The Balaban J connectivity index is 2.30. The van der Waals surface area contributed by atoms with Crippen LogP contribution in [0.15, 0.2) is 18.2 Å². The molecule has 1 saturated heterocycles. The summed E-state index contributed by atoms with van der Waals surface area (Å²) < 4.78 is 10.5. The average molecular weight is 278 g/mol. The van der Waals surface area contributed by atoms with E-state index in [9.17, 15) is 4.79 Å². The Bertz CT molecular complexity index is 470. The van der Waals surface area contributed by atoms with Crippen LogP contribution in [0, 0.1) is 0 Å². The Hall–Kier alpha value is -1.75. The largest absolute Gasteiger partial charge is 0.462 e. The average Bonchev–Trinajstić information content (AvgIpc) is 2.47. The number of hydrogen-bond donors (Lipinski definition) is 1. The Morgan fingerprint density at radius 2 is 2.15 bits per heavy atom. The van der Waals surface area contributed by atoms with Gasteiger partial charge in [-0.25, -0.2) is 4.79 Å². The molecule has 0 bridgehead atoms. The van der Waals surface area contributed by atoms with E-state index in [0.29, 0.717) is 23.9 Å². The number of para-hydroxylation sites is 1. The molecular weight excluding hydrogens is 256 g/mol. The third-order valence-electron chi connectivity index (χ3n) is 3.65. The minimum absolute atomic E-state index is 0.325. The van der Waals surface area contributed by atoms with Crippen molar-refractivity contribution in [1.82, 2.24) is 0 Å². The van der Waals surface area contributed by atoms with Gasteiger partial charge in [0.15, 0.2) is 0 Å². The van der Waals surface area contributed by atoms with Gasteiger partial charge in [-0.3, -0.25) is 0 Å². The van der Waals surface area contributed by atoms with Crippen LogP contribution >= 0.6 is 0 Å². The number of anilines is 2. The first kappa shape index (κ1) is 14.7. The predicted octanol–water partition coefficient (Wildman–Crippen LogP) is 2.06. The van der Waals surface area contributed by atoms with Gasteiger partial charge in [-0.1, -0.05) is 6.07 Å². The molecule has 1 heterocycles. The Kier molecular flexibility index (Phi) is 4.84. The monoisotopic (exact) mass is 278 g/mol. The van der Waals surface area contributed by atoms with Gasteiger partial charge in [0, 0.05) is 26.3 Å². The highest BCUT2D eigenvalue weighted by Gasteiger charge is 2.24. The maximum Gasteiger partial charge on any atom is 0.340 e. The first-order valence-electron chi connectivity index (χ1n) is 7.01. The van der Waals surface area contributed by atoms with Gasteiger partial charge in [-0.05, 0) is 31.9 Å². The van der Waals surface area contributed by atoms with Crippen molar-refractivity contribution >= 4 is 17.3 Å². The van der Waals surface area contributed by atoms with Gasteiger partial charge < -0.3 is 20.1 Å². The number of nitrogens with zero attached hydrogens (tertiary/aromatic N) is 1. The predicted molar refractivity (Wildman–Crippen MR) is 79.1 cm³/mol. The topological polar surface area (TPSA) is 64.8 Å². The highest BCUT2D eigenvalue weighted by molar-refractivity contribution is 5.99. The van der Waals surface area contributed by atoms with Gasteiger partial charge in [-0.2, -0.15) is 0 Å². The normalized spacial score (nSPS) is 15.9. The van der Waals surface area contributed by atoms with Crippen LogP contribution < -0.4 is 10.6 Å². The lowest BCUT2D eigenvalue weighted by Gasteiger charge is -2.34. The van der Waals surface area contributed by atoms with Crippen molar-refractivity contribution < 1.29 is 14.3 Å². The molecule has 0 amide bonds. The standard InChI is InChI=1S/C15H22N2O3/c1-3-20-15(18)12-5-4-6-13(16)14(12)17(2)11-7-9-19-10-8-11/h4-6,11H,3,7-10,16H2,1-2H3. The number of rotatable bonds is 4. The summed E-state index contributed by atoms with van der Waals surface area (Å²) in [5, 5.41) is 0. The zero-order chi connectivity index (χ0) is 14.5. The van der Waals surface area contributed by atoms with Crippen molar-refractivity contribution in [2.45, 2.75) is 25.8 Å². The van der Waals surface area contributed by atoms with E-state index in [4.69, 9.17) is 15.2 Å². The number of esters is 1. The van der Waals surface area contributed by atoms with Crippen molar-refractivity contribution in [3.05, 3.63) is 23.8 Å². The first-order valence-corrected chi connectivity index (χ1v) is 7.01. The SMILES string of the molecule is CCOC(=O)c1cccc(N)c1N(C)C1CCOCC1. The van der Waals surface area contributed by atoms with Gasteiger partial charge in [0.2, 0.25) is 0 Å². The number of nitrogens with two attached hydrogens (primary N) is 1. The first-order chi connectivity index (χ1) is 9.65. The summed E-state index contributed by atoms with van der Waals surface area (Å²) in [6.07, 6.45) is 1.88. The third-order valence-corrected chi connectivity index (χ3v) is 3.65. The number of carbonyl (C=O) groups is 1. The van der Waals surface area contributed by atoms with E-state index < -0.39 is 0 Å². The number of hydrogen-bond acceptors (Lipinski definition) is 5. The molecule has 0 atom stereocenters. The number of ether oxygens (including phenoxy) is 2. The molecule has 5 nitrogen and oxygen atoms in total. The van der Waals surface area contributed by atoms with Gasteiger partial charge in [0.1, 0.15) is 0 Å². The van der Waals surface area contributed by atoms with Gasteiger partial charge in [-0.15, -0.1) is 0 Å². The third kappa shape index (κ3) is 3.04. The van der Waals surface area contributed by atoms with Crippen LogP contribution in [0.5, 0.6) is 0 Å². The number of nitrogen functional groups attached to an aromatic ring is 1. The van der Waals surface area contributed by atoms with Crippen LogP contribution in [0.1, 0.15) is 30.1 Å². The Labute approximate surface area is 119 Å². The summed E-state index contributed by atoms with van der Waals surface area (Å²) in [4.78, 5) is 14.2. The van der Waals surface area contributed by atoms with Gasteiger partial charge in [0.25, 0.3) is 0 Å². The van der Waals surface area contributed by atoms with E-state index in [1.807, 2.05) is 13.1 Å². The summed E-state index contributed by atoms with van der Waals surface area (Å²) in [7, 11) is 1.98. The molecule has 0 unspecified atom stereocenters. The van der Waals surface area contributed by atoms with Crippen molar-refractivity contribution in [2.75, 3.05) is 37.5 Å². The summed E-state index contributed by atoms with van der Waals surface area (Å²) in [5.74, 6) is -0.325. The lowest BCUT2D eigenvalue weighted by Crippen LogP contribution is -2.38. The Morgan fingerprint density at radius 1 is 1.45 bits per heavy atom. The number of carbonyl (C=O) groups excluding carboxylic acids is 1. The zero-order valence-electron chi connectivity index (χ0n) is 12.1. The van der Waals surface area contributed by atoms with E-state index in [1.54, 1.807) is 19.1 Å². The minimum Gasteiger partial charge on any atom is -0.462 e. The molecule has 1 aromatic rings. The fourth-order valence-corrected chi connectivity index (χ4v) is 2.58.